The first-order chi connectivity index (χ1) is 9.36. The summed E-state index contributed by atoms with van der Waals surface area (Å²) in [7, 11) is -3.90. The second-order valence-corrected chi connectivity index (χ2v) is 5.75. The lowest BCUT2D eigenvalue weighted by Gasteiger charge is -2.08. The number of hydrogen-bond donors (Lipinski definition) is 2. The van der Waals surface area contributed by atoms with Crippen LogP contribution in [-0.2, 0) is 16.6 Å². The normalized spacial score (nSPS) is 11.3. The topological polar surface area (TPSA) is 98.0 Å². The molecule has 0 unspecified atom stereocenters. The lowest BCUT2D eigenvalue weighted by Crippen LogP contribution is -2.13. The second-order valence-electron chi connectivity index (χ2n) is 4.19. The molecular weight excluding hydrogens is 283 g/mol. The number of hydrogen-bond acceptors (Lipinski definition) is 5. The van der Waals surface area contributed by atoms with Crippen LogP contribution in [0.1, 0.15) is 11.4 Å². The Labute approximate surface area is 115 Å². The van der Waals surface area contributed by atoms with E-state index in [4.69, 9.17) is 5.14 Å². The van der Waals surface area contributed by atoms with E-state index >= 15 is 0 Å². The summed E-state index contributed by atoms with van der Waals surface area (Å²) < 4.78 is 35.9. The summed E-state index contributed by atoms with van der Waals surface area (Å²) in [6.07, 6.45) is 3.19. The highest BCUT2D eigenvalue weighted by atomic mass is 32.2. The first-order valence-corrected chi connectivity index (χ1v) is 7.24. The van der Waals surface area contributed by atoms with Gasteiger partial charge in [0.2, 0.25) is 10.0 Å². The molecule has 3 N–H and O–H groups in total. The molecule has 20 heavy (non-hydrogen) atoms. The number of nitrogens with two attached hydrogens (primary N) is 1. The lowest BCUT2D eigenvalue weighted by atomic mass is 10.3. The average molecular weight is 296 g/mol. The van der Waals surface area contributed by atoms with Gasteiger partial charge in [0.25, 0.3) is 0 Å². The van der Waals surface area contributed by atoms with Crippen molar-refractivity contribution in [2.24, 2.45) is 5.14 Å². The van der Waals surface area contributed by atoms with E-state index in [0.717, 1.165) is 11.8 Å². The fourth-order valence-electron chi connectivity index (χ4n) is 1.51. The van der Waals surface area contributed by atoms with E-state index < -0.39 is 15.8 Å². The van der Waals surface area contributed by atoms with Crippen molar-refractivity contribution in [2.75, 3.05) is 5.32 Å². The van der Waals surface area contributed by atoms with Gasteiger partial charge < -0.3 is 5.32 Å². The van der Waals surface area contributed by atoms with Crippen LogP contribution in [0.4, 0.5) is 10.1 Å². The molecule has 0 bridgehead atoms. The van der Waals surface area contributed by atoms with Crippen LogP contribution < -0.4 is 10.5 Å². The van der Waals surface area contributed by atoms with Crippen LogP contribution in [0.5, 0.6) is 0 Å². The van der Waals surface area contributed by atoms with Gasteiger partial charge in [0, 0.05) is 6.20 Å². The van der Waals surface area contributed by atoms with Crippen LogP contribution in [0.25, 0.3) is 0 Å². The molecule has 0 atom stereocenters. The van der Waals surface area contributed by atoms with Crippen molar-refractivity contribution in [3.8, 4) is 0 Å². The molecule has 0 aliphatic carbocycles. The Morgan fingerprint density at radius 3 is 2.60 bits per heavy atom. The first-order valence-electron chi connectivity index (χ1n) is 5.70. The van der Waals surface area contributed by atoms with Crippen molar-refractivity contribution in [3.63, 3.8) is 0 Å². The zero-order chi connectivity index (χ0) is 14.8. The monoisotopic (exact) mass is 296 g/mol. The number of halogens is 1. The van der Waals surface area contributed by atoms with Gasteiger partial charge in [0.1, 0.15) is 5.82 Å². The van der Waals surface area contributed by atoms with Crippen LogP contribution in [0.3, 0.4) is 0 Å². The molecule has 2 rings (SSSR count). The molecule has 0 spiro atoms. The maximum atomic E-state index is 13.7. The van der Waals surface area contributed by atoms with Crippen molar-refractivity contribution in [2.45, 2.75) is 18.4 Å². The van der Waals surface area contributed by atoms with Crippen molar-refractivity contribution in [3.05, 3.63) is 47.8 Å². The third-order valence-electron chi connectivity index (χ3n) is 2.56. The number of rotatable bonds is 4. The largest absolute Gasteiger partial charge is 0.377 e. The molecule has 1 heterocycles. The average Bonchev–Trinajstić information content (AvgIpc) is 2.38. The predicted molar refractivity (Wildman–Crippen MR) is 71.9 cm³/mol. The third-order valence-corrected chi connectivity index (χ3v) is 3.47. The fraction of sp³-hybridized carbons (Fsp3) is 0.167. The minimum absolute atomic E-state index is 0.166. The molecule has 2 aromatic rings. The van der Waals surface area contributed by atoms with Crippen LogP contribution in [-0.4, -0.2) is 18.4 Å². The molecule has 106 valence electrons. The molecule has 0 aliphatic heterocycles. The Kier molecular flexibility index (Phi) is 3.96. The summed E-state index contributed by atoms with van der Waals surface area (Å²) in [5.41, 5.74) is 1.60. The maximum absolute atomic E-state index is 13.7. The van der Waals surface area contributed by atoms with Gasteiger partial charge in [-0.3, -0.25) is 9.97 Å². The highest BCUT2D eigenvalue weighted by molar-refractivity contribution is 7.89. The Morgan fingerprint density at radius 2 is 2.05 bits per heavy atom. The molecule has 1 aromatic heterocycles. The quantitative estimate of drug-likeness (QED) is 0.883. The first kappa shape index (κ1) is 14.4. The van der Waals surface area contributed by atoms with Gasteiger partial charge in [0.15, 0.2) is 0 Å². The molecule has 0 saturated heterocycles. The number of nitrogens with zero attached hydrogens (tertiary/aromatic N) is 2. The van der Waals surface area contributed by atoms with E-state index in [1.165, 1.54) is 12.1 Å². The summed E-state index contributed by atoms with van der Waals surface area (Å²) in [5, 5.41) is 7.74. The molecule has 0 amide bonds. The molecule has 8 heteroatoms. The van der Waals surface area contributed by atoms with Crippen LogP contribution in [0, 0.1) is 12.7 Å². The highest BCUT2D eigenvalue weighted by Gasteiger charge is 2.11. The zero-order valence-corrected chi connectivity index (χ0v) is 11.5. The van der Waals surface area contributed by atoms with Gasteiger partial charge in [-0.2, -0.15) is 0 Å². The Morgan fingerprint density at radius 1 is 1.30 bits per heavy atom. The molecule has 0 saturated carbocycles. The number of primary sulfonamides is 1. The maximum Gasteiger partial charge on any atom is 0.238 e. The molecular formula is C12H13FN4O2S. The van der Waals surface area contributed by atoms with E-state index in [-0.39, 0.29) is 17.1 Å². The minimum Gasteiger partial charge on any atom is -0.377 e. The Hall–Kier alpha value is -2.06. The summed E-state index contributed by atoms with van der Waals surface area (Å²) in [6.45, 7) is 2.09. The lowest BCUT2D eigenvalue weighted by molar-refractivity contribution is 0.593. The summed E-state index contributed by atoms with van der Waals surface area (Å²) in [5.74, 6) is -0.698. The number of sulfonamides is 1. The fourth-order valence-corrected chi connectivity index (χ4v) is 2.04. The smallest absolute Gasteiger partial charge is 0.238 e. The van der Waals surface area contributed by atoms with E-state index in [1.54, 1.807) is 12.4 Å². The van der Waals surface area contributed by atoms with Crippen molar-refractivity contribution < 1.29 is 12.8 Å². The number of nitrogens with one attached hydrogen (secondary N) is 1. The summed E-state index contributed by atoms with van der Waals surface area (Å²) in [4.78, 5) is 7.92. The van der Waals surface area contributed by atoms with E-state index in [2.05, 4.69) is 15.3 Å². The molecule has 6 nitrogen and oxygen atoms in total. The SMILES string of the molecule is Cc1cnc(CNc2ccc(S(N)(=O)=O)cc2F)cn1. The van der Waals surface area contributed by atoms with Gasteiger partial charge >= 0.3 is 0 Å². The number of aromatic nitrogens is 2. The van der Waals surface area contributed by atoms with E-state index in [9.17, 15) is 12.8 Å². The van der Waals surface area contributed by atoms with E-state index in [1.807, 2.05) is 6.92 Å². The van der Waals surface area contributed by atoms with Crippen LogP contribution >= 0.6 is 0 Å². The predicted octanol–water partition coefficient (Wildman–Crippen LogP) is 1.18. The molecule has 1 aromatic carbocycles. The summed E-state index contributed by atoms with van der Waals surface area (Å²) >= 11 is 0. The Bertz CT molecular complexity index is 717. The highest BCUT2D eigenvalue weighted by Crippen LogP contribution is 2.18. The van der Waals surface area contributed by atoms with Crippen molar-refractivity contribution >= 4 is 15.7 Å². The van der Waals surface area contributed by atoms with Gasteiger partial charge in [-0.05, 0) is 25.1 Å². The molecule has 0 fully saturated rings. The van der Waals surface area contributed by atoms with Gasteiger partial charge in [-0.1, -0.05) is 0 Å². The van der Waals surface area contributed by atoms with E-state index in [0.29, 0.717) is 5.69 Å². The van der Waals surface area contributed by atoms with Crippen molar-refractivity contribution in [1.29, 1.82) is 0 Å². The molecule has 0 aliphatic rings. The van der Waals surface area contributed by atoms with Crippen LogP contribution in [0.15, 0.2) is 35.5 Å². The third kappa shape index (κ3) is 3.49. The zero-order valence-electron chi connectivity index (χ0n) is 10.7. The van der Waals surface area contributed by atoms with Crippen LogP contribution in [0.2, 0.25) is 0 Å². The summed E-state index contributed by atoms with van der Waals surface area (Å²) in [6, 6.07) is 3.43. The Balaban J connectivity index is 2.12. The number of aryl methyl sites for hydroxylation is 1. The van der Waals surface area contributed by atoms with Crippen molar-refractivity contribution in [1.82, 2.24) is 9.97 Å². The second kappa shape index (κ2) is 5.51. The minimum atomic E-state index is -3.90. The van der Waals surface area contributed by atoms with Gasteiger partial charge in [0.05, 0.1) is 34.7 Å². The number of anilines is 1. The number of benzene rings is 1. The van der Waals surface area contributed by atoms with Gasteiger partial charge in [-0.15, -0.1) is 0 Å². The molecule has 0 radical (unpaired) electrons. The van der Waals surface area contributed by atoms with Gasteiger partial charge in [-0.25, -0.2) is 17.9 Å². The standard InChI is InChI=1S/C12H13FN4O2S/c1-8-5-16-9(6-15-8)7-17-12-3-2-10(4-11(12)13)20(14,18)19/h2-6,17H,7H2,1H3,(H2,14,18,19).